The minimum absolute atomic E-state index is 0.385. The van der Waals surface area contributed by atoms with Crippen molar-refractivity contribution in [3.8, 4) is 0 Å². The average Bonchev–Trinajstić information content (AvgIpc) is 1.80. The van der Waals surface area contributed by atoms with E-state index in [0.29, 0.717) is 5.23 Å². The molecule has 0 bridgehead atoms. The Morgan fingerprint density at radius 2 is 2.33 bits per heavy atom. The third kappa shape index (κ3) is 7.84. The summed E-state index contributed by atoms with van der Waals surface area (Å²) >= 11 is 0. The normalized spacial score (nSPS) is 10.7. The molecule has 0 saturated carbocycles. The molecule has 0 aromatic carbocycles. The lowest BCUT2D eigenvalue weighted by Crippen LogP contribution is -2.24. The van der Waals surface area contributed by atoms with Crippen LogP contribution in [0.15, 0.2) is 0 Å². The molecular formula is C5H13N2O2-. The van der Waals surface area contributed by atoms with E-state index in [1.54, 1.807) is 0 Å². The van der Waals surface area contributed by atoms with E-state index in [0.717, 1.165) is 19.4 Å². The molecule has 0 aliphatic rings. The molecule has 0 rings (SSSR count). The maximum absolute atomic E-state index is 10.0. The van der Waals surface area contributed by atoms with Crippen LogP contribution in [0.1, 0.15) is 19.8 Å². The summed E-state index contributed by atoms with van der Waals surface area (Å²) in [5, 5.41) is 10.4. The number of hydrogen-bond donors (Lipinski definition) is 1. The average molecular weight is 133 g/mol. The SMILES string of the molecule is CCCCNON(C)[O-]. The van der Waals surface area contributed by atoms with Crippen molar-refractivity contribution >= 4 is 0 Å². The van der Waals surface area contributed by atoms with Crippen LogP contribution in [-0.2, 0) is 4.94 Å². The molecule has 0 atom stereocenters. The van der Waals surface area contributed by atoms with Gasteiger partial charge in [0.1, 0.15) is 0 Å². The molecule has 0 aromatic rings. The molecule has 0 aliphatic carbocycles. The molecule has 0 radical (unpaired) electrons. The van der Waals surface area contributed by atoms with Gasteiger partial charge in [0, 0.05) is 13.6 Å². The summed E-state index contributed by atoms with van der Waals surface area (Å²) in [4.78, 5) is 4.37. The van der Waals surface area contributed by atoms with Crippen molar-refractivity contribution in [3.63, 3.8) is 0 Å². The van der Waals surface area contributed by atoms with Crippen LogP contribution in [0, 0.1) is 5.21 Å². The van der Waals surface area contributed by atoms with Crippen LogP contribution in [0.3, 0.4) is 0 Å². The highest BCUT2D eigenvalue weighted by molar-refractivity contribution is 4.33. The van der Waals surface area contributed by atoms with Crippen LogP contribution in [0.5, 0.6) is 0 Å². The third-order valence-corrected chi connectivity index (χ3v) is 0.825. The molecule has 0 amide bonds. The third-order valence-electron chi connectivity index (χ3n) is 0.825. The first-order valence-corrected chi connectivity index (χ1v) is 3.08. The van der Waals surface area contributed by atoms with Crippen LogP contribution in [0.4, 0.5) is 0 Å². The summed E-state index contributed by atoms with van der Waals surface area (Å²) in [6.07, 6.45) is 2.12. The van der Waals surface area contributed by atoms with Crippen molar-refractivity contribution < 1.29 is 4.94 Å². The number of rotatable bonds is 5. The fourth-order valence-corrected chi connectivity index (χ4v) is 0.385. The highest BCUT2D eigenvalue weighted by Crippen LogP contribution is 1.82. The Balaban J connectivity index is 2.75. The zero-order chi connectivity index (χ0) is 7.11. The molecule has 0 fully saturated rings. The summed E-state index contributed by atoms with van der Waals surface area (Å²) in [6.45, 7) is 2.80. The minimum atomic E-state index is 0.385. The van der Waals surface area contributed by atoms with Crippen molar-refractivity contribution in [3.05, 3.63) is 5.21 Å². The van der Waals surface area contributed by atoms with Crippen LogP contribution >= 0.6 is 0 Å². The van der Waals surface area contributed by atoms with Gasteiger partial charge in [0.2, 0.25) is 0 Å². The Labute approximate surface area is 55.3 Å². The molecule has 0 aliphatic heterocycles. The summed E-state index contributed by atoms with van der Waals surface area (Å²) < 4.78 is 0. The fourth-order valence-electron chi connectivity index (χ4n) is 0.385. The Morgan fingerprint density at radius 3 is 2.78 bits per heavy atom. The Bertz CT molecular complexity index is 58.9. The highest BCUT2D eigenvalue weighted by Gasteiger charge is 1.82. The molecular weight excluding hydrogens is 120 g/mol. The zero-order valence-electron chi connectivity index (χ0n) is 5.89. The first-order valence-electron chi connectivity index (χ1n) is 3.08. The molecule has 56 valence electrons. The zero-order valence-corrected chi connectivity index (χ0v) is 5.89. The summed E-state index contributed by atoms with van der Waals surface area (Å²) in [5.41, 5.74) is 2.50. The largest absolute Gasteiger partial charge is 0.761 e. The van der Waals surface area contributed by atoms with Crippen molar-refractivity contribution in [2.24, 2.45) is 0 Å². The maximum atomic E-state index is 10.0. The molecule has 4 heteroatoms. The Hall–Kier alpha value is -0.160. The van der Waals surface area contributed by atoms with E-state index in [4.69, 9.17) is 0 Å². The highest BCUT2D eigenvalue weighted by atomic mass is 17.0. The fraction of sp³-hybridized carbons (Fsp3) is 1.00. The van der Waals surface area contributed by atoms with E-state index in [1.165, 1.54) is 7.05 Å². The number of hydroxylamine groups is 3. The number of hydrogen-bond acceptors (Lipinski definition) is 4. The van der Waals surface area contributed by atoms with Crippen molar-refractivity contribution in [2.75, 3.05) is 13.6 Å². The van der Waals surface area contributed by atoms with Crippen LogP contribution in [-0.4, -0.2) is 18.8 Å². The lowest BCUT2D eigenvalue weighted by molar-refractivity contribution is -0.161. The van der Waals surface area contributed by atoms with Gasteiger partial charge >= 0.3 is 0 Å². The molecule has 9 heavy (non-hydrogen) atoms. The van der Waals surface area contributed by atoms with Crippen molar-refractivity contribution in [1.29, 1.82) is 0 Å². The van der Waals surface area contributed by atoms with Gasteiger partial charge in [-0.05, 0) is 6.42 Å². The summed E-state index contributed by atoms with van der Waals surface area (Å²) in [7, 11) is 1.29. The molecule has 0 unspecified atom stereocenters. The van der Waals surface area contributed by atoms with Crippen LogP contribution < -0.4 is 5.48 Å². The molecule has 0 aromatic heterocycles. The van der Waals surface area contributed by atoms with E-state index in [-0.39, 0.29) is 0 Å². The molecule has 0 spiro atoms. The van der Waals surface area contributed by atoms with Gasteiger partial charge < -0.3 is 5.21 Å². The molecule has 4 nitrogen and oxygen atoms in total. The second-order valence-electron chi connectivity index (χ2n) is 1.78. The predicted octanol–water partition coefficient (Wildman–Crippen LogP) is 0.652. The predicted molar refractivity (Wildman–Crippen MR) is 35.1 cm³/mol. The summed E-state index contributed by atoms with van der Waals surface area (Å²) in [5.74, 6) is 0. The topological polar surface area (TPSA) is 47.6 Å². The molecule has 1 N–H and O–H groups in total. The monoisotopic (exact) mass is 133 g/mol. The first-order chi connectivity index (χ1) is 4.27. The van der Waals surface area contributed by atoms with Gasteiger partial charge in [-0.15, -0.1) is 0 Å². The van der Waals surface area contributed by atoms with E-state index in [9.17, 15) is 5.21 Å². The number of unbranched alkanes of at least 4 members (excludes halogenated alkanes) is 1. The smallest absolute Gasteiger partial charge is 0.0228 e. The number of nitrogens with zero attached hydrogens (tertiary/aromatic N) is 1. The standard InChI is InChI=1S/C5H13N2O2/c1-3-4-5-6-9-7(2)8/h6H,3-5H2,1-2H3/q-1. The minimum Gasteiger partial charge on any atom is -0.761 e. The molecule has 0 saturated heterocycles. The quantitative estimate of drug-likeness (QED) is 0.442. The Kier molecular flexibility index (Phi) is 5.86. The number of nitrogens with one attached hydrogen (secondary N) is 1. The lowest BCUT2D eigenvalue weighted by atomic mass is 10.3. The van der Waals surface area contributed by atoms with Gasteiger partial charge in [0.05, 0.1) is 0 Å². The van der Waals surface area contributed by atoms with Gasteiger partial charge in [-0.3, -0.25) is 0 Å². The van der Waals surface area contributed by atoms with E-state index in [1.807, 2.05) is 0 Å². The first kappa shape index (κ1) is 8.84. The van der Waals surface area contributed by atoms with Gasteiger partial charge in [-0.25, -0.2) is 10.2 Å². The van der Waals surface area contributed by atoms with E-state index in [2.05, 4.69) is 17.3 Å². The van der Waals surface area contributed by atoms with Crippen molar-refractivity contribution in [2.45, 2.75) is 19.8 Å². The lowest BCUT2D eigenvalue weighted by Gasteiger charge is -2.20. The van der Waals surface area contributed by atoms with Crippen LogP contribution in [0.2, 0.25) is 0 Å². The van der Waals surface area contributed by atoms with Gasteiger partial charge in [-0.2, -0.15) is 5.48 Å². The second-order valence-corrected chi connectivity index (χ2v) is 1.78. The van der Waals surface area contributed by atoms with E-state index >= 15 is 0 Å². The van der Waals surface area contributed by atoms with E-state index < -0.39 is 0 Å². The summed E-state index contributed by atoms with van der Waals surface area (Å²) in [6, 6.07) is 0. The van der Waals surface area contributed by atoms with Gasteiger partial charge in [0.15, 0.2) is 0 Å². The van der Waals surface area contributed by atoms with Gasteiger partial charge in [-0.1, -0.05) is 13.3 Å². The molecule has 0 heterocycles. The van der Waals surface area contributed by atoms with Gasteiger partial charge in [0.25, 0.3) is 0 Å². The Morgan fingerprint density at radius 1 is 1.67 bits per heavy atom. The van der Waals surface area contributed by atoms with Crippen LogP contribution in [0.25, 0.3) is 0 Å². The van der Waals surface area contributed by atoms with Crippen molar-refractivity contribution in [1.82, 2.24) is 10.7 Å². The maximum Gasteiger partial charge on any atom is 0.0228 e. The second kappa shape index (κ2) is 5.97.